The number of benzene rings is 1. The number of methoxy groups -OCH3 is 2. The van der Waals surface area contributed by atoms with E-state index in [-0.39, 0.29) is 28.3 Å². The van der Waals surface area contributed by atoms with Crippen molar-refractivity contribution in [2.75, 3.05) is 27.3 Å². The lowest BCUT2D eigenvalue weighted by Gasteiger charge is -2.75. The molecule has 2 spiro atoms. The third-order valence-electron chi connectivity index (χ3n) is 12.1. The van der Waals surface area contributed by atoms with E-state index in [1.165, 1.54) is 30.5 Å². The summed E-state index contributed by atoms with van der Waals surface area (Å²) in [6, 6.07) is 4.93. The molecular formula is C30H43NO4. The number of nitrogens with zero attached hydrogens (tertiary/aromatic N) is 1. The van der Waals surface area contributed by atoms with Gasteiger partial charge in [0.15, 0.2) is 11.5 Å². The lowest BCUT2D eigenvalue weighted by molar-refractivity contribution is -0.312. The second kappa shape index (κ2) is 6.76. The molecule has 35 heavy (non-hydrogen) atoms. The number of aliphatic hydroxyl groups is 1. The van der Waals surface area contributed by atoms with Crippen molar-refractivity contribution >= 4 is 0 Å². The first-order valence-electron chi connectivity index (χ1n) is 13.9. The quantitative estimate of drug-likeness (QED) is 0.660. The second-order valence-electron chi connectivity index (χ2n) is 14.0. The smallest absolute Gasteiger partial charge is 0.165 e. The van der Waals surface area contributed by atoms with E-state index in [9.17, 15) is 5.11 Å². The molecule has 0 aromatic heterocycles. The number of likely N-dealkylation sites (tertiary alicyclic amines) is 1. The molecule has 2 aliphatic heterocycles. The van der Waals surface area contributed by atoms with E-state index < -0.39 is 11.2 Å². The summed E-state index contributed by atoms with van der Waals surface area (Å²) < 4.78 is 19.6. The highest BCUT2D eigenvalue weighted by Gasteiger charge is 2.82. The van der Waals surface area contributed by atoms with Crippen LogP contribution in [0, 0.1) is 22.7 Å². The average molecular weight is 482 g/mol. The van der Waals surface area contributed by atoms with Crippen molar-refractivity contribution in [3.63, 3.8) is 0 Å². The zero-order valence-corrected chi connectivity index (χ0v) is 22.4. The van der Waals surface area contributed by atoms with Crippen LogP contribution < -0.4 is 9.47 Å². The van der Waals surface area contributed by atoms with E-state index in [2.05, 4.69) is 44.7 Å². The molecule has 2 unspecified atom stereocenters. The van der Waals surface area contributed by atoms with Crippen LogP contribution in [-0.4, -0.2) is 60.7 Å². The van der Waals surface area contributed by atoms with Crippen LogP contribution in [0.5, 0.6) is 11.5 Å². The van der Waals surface area contributed by atoms with Crippen LogP contribution >= 0.6 is 0 Å². The van der Waals surface area contributed by atoms with Crippen molar-refractivity contribution in [3.8, 4) is 11.5 Å². The molecule has 0 amide bonds. The normalized spacial score (nSPS) is 42.9. The predicted molar refractivity (Wildman–Crippen MR) is 135 cm³/mol. The Labute approximate surface area is 210 Å². The Bertz CT molecular complexity index is 1070. The molecule has 8 rings (SSSR count). The lowest BCUT2D eigenvalue weighted by atomic mass is 9.33. The van der Waals surface area contributed by atoms with Gasteiger partial charge in [-0.05, 0) is 81.4 Å². The van der Waals surface area contributed by atoms with Gasteiger partial charge in [-0.25, -0.2) is 0 Å². The summed E-state index contributed by atoms with van der Waals surface area (Å²) in [5.74, 6) is 2.71. The number of ether oxygens (including phenoxy) is 3. The summed E-state index contributed by atoms with van der Waals surface area (Å²) >= 11 is 0. The van der Waals surface area contributed by atoms with Gasteiger partial charge in [-0.3, -0.25) is 4.90 Å². The topological polar surface area (TPSA) is 51.2 Å². The Morgan fingerprint density at radius 2 is 1.89 bits per heavy atom. The monoisotopic (exact) mass is 481 g/mol. The molecule has 4 saturated carbocycles. The van der Waals surface area contributed by atoms with Crippen molar-refractivity contribution in [2.45, 2.75) is 101 Å². The van der Waals surface area contributed by atoms with Crippen molar-refractivity contribution in [3.05, 3.63) is 23.3 Å². The van der Waals surface area contributed by atoms with Crippen LogP contribution in [-0.2, 0) is 16.6 Å². The molecule has 4 bridgehead atoms. The molecule has 0 radical (unpaired) electrons. The van der Waals surface area contributed by atoms with E-state index in [1.807, 2.05) is 7.11 Å². The summed E-state index contributed by atoms with van der Waals surface area (Å²) in [5, 5.41) is 12.3. The molecule has 1 N–H and O–H groups in total. The highest BCUT2D eigenvalue weighted by atomic mass is 16.6. The van der Waals surface area contributed by atoms with Crippen molar-refractivity contribution in [2.24, 2.45) is 22.7 Å². The molecule has 192 valence electrons. The fraction of sp³-hybridized carbons (Fsp3) is 0.800. The average Bonchev–Trinajstić information content (AvgIpc) is 3.56. The van der Waals surface area contributed by atoms with Gasteiger partial charge in [0.25, 0.3) is 0 Å². The number of piperidine rings is 1. The Morgan fingerprint density at radius 3 is 2.54 bits per heavy atom. The van der Waals surface area contributed by atoms with Crippen molar-refractivity contribution in [1.29, 1.82) is 0 Å². The molecule has 5 fully saturated rings. The zero-order chi connectivity index (χ0) is 24.6. The SMILES string of the molecule is COc1ccc2c3c1O[C@H]1[C@]4(OC)CCC5(C[C@@H]4C(C)(O)C(C)(C)C)[C@@H](C2)N(CC2CC2)CC[C@]315. The number of hydrogen-bond donors (Lipinski definition) is 1. The van der Waals surface area contributed by atoms with Gasteiger partial charge in [0, 0.05) is 42.0 Å². The van der Waals surface area contributed by atoms with Crippen LogP contribution in [0.4, 0.5) is 0 Å². The second-order valence-corrected chi connectivity index (χ2v) is 14.0. The maximum absolute atomic E-state index is 12.3. The van der Waals surface area contributed by atoms with E-state index in [4.69, 9.17) is 14.2 Å². The van der Waals surface area contributed by atoms with Crippen LogP contribution in [0.3, 0.4) is 0 Å². The van der Waals surface area contributed by atoms with Gasteiger partial charge in [-0.1, -0.05) is 26.8 Å². The minimum Gasteiger partial charge on any atom is -0.493 e. The summed E-state index contributed by atoms with van der Waals surface area (Å²) in [6.07, 6.45) is 8.00. The first kappa shape index (κ1) is 22.9. The first-order chi connectivity index (χ1) is 16.6. The van der Waals surface area contributed by atoms with Gasteiger partial charge in [-0.2, -0.15) is 0 Å². The van der Waals surface area contributed by atoms with Crippen LogP contribution in [0.1, 0.15) is 77.3 Å². The summed E-state index contributed by atoms with van der Waals surface area (Å²) in [7, 11) is 3.63. The molecule has 1 aromatic rings. The summed E-state index contributed by atoms with van der Waals surface area (Å²) in [5.41, 5.74) is 1.26. The largest absolute Gasteiger partial charge is 0.493 e. The molecule has 5 heteroatoms. The summed E-state index contributed by atoms with van der Waals surface area (Å²) in [4.78, 5) is 2.86. The van der Waals surface area contributed by atoms with E-state index in [1.54, 1.807) is 7.11 Å². The van der Waals surface area contributed by atoms with Crippen LogP contribution in [0.15, 0.2) is 12.1 Å². The fourth-order valence-electron chi connectivity index (χ4n) is 9.73. The van der Waals surface area contributed by atoms with Crippen molar-refractivity contribution in [1.82, 2.24) is 4.90 Å². The summed E-state index contributed by atoms with van der Waals surface area (Å²) in [6.45, 7) is 11.0. The molecule has 7 atom stereocenters. The third-order valence-corrected chi connectivity index (χ3v) is 12.1. The van der Waals surface area contributed by atoms with E-state index >= 15 is 0 Å². The number of hydrogen-bond acceptors (Lipinski definition) is 5. The van der Waals surface area contributed by atoms with E-state index in [0.29, 0.717) is 6.04 Å². The molecule has 1 saturated heterocycles. The van der Waals surface area contributed by atoms with E-state index in [0.717, 1.165) is 56.1 Å². The standard InChI is InChI=1S/C30H43NO4/c1-26(2,3)27(4,32)21-16-28-11-12-30(21,34-6)25-29(28)13-14-31(17-18-7-8-18)22(28)15-19-9-10-20(33-5)24(35-25)23(19)29/h9-10,18,21-22,25,32H,7-8,11-17H2,1-6H3/t21-,22-,25-,27?,28?,29+,30+/m1/s1. The van der Waals surface area contributed by atoms with Crippen molar-refractivity contribution < 1.29 is 19.3 Å². The Balaban J connectivity index is 1.48. The fourth-order valence-corrected chi connectivity index (χ4v) is 9.73. The predicted octanol–water partition coefficient (Wildman–Crippen LogP) is 4.72. The zero-order valence-electron chi connectivity index (χ0n) is 22.4. The van der Waals surface area contributed by atoms with Gasteiger partial charge in [0.05, 0.1) is 12.7 Å². The lowest BCUT2D eigenvalue weighted by Crippen LogP contribution is -2.83. The highest BCUT2D eigenvalue weighted by Crippen LogP contribution is 2.78. The Hall–Kier alpha value is -1.30. The molecular weight excluding hydrogens is 438 g/mol. The highest BCUT2D eigenvalue weighted by molar-refractivity contribution is 5.63. The van der Waals surface area contributed by atoms with Gasteiger partial charge in [0.2, 0.25) is 0 Å². The minimum atomic E-state index is -0.879. The molecule has 5 nitrogen and oxygen atoms in total. The van der Waals surface area contributed by atoms with Gasteiger partial charge >= 0.3 is 0 Å². The van der Waals surface area contributed by atoms with Gasteiger partial charge < -0.3 is 19.3 Å². The maximum Gasteiger partial charge on any atom is 0.165 e. The van der Waals surface area contributed by atoms with Crippen LogP contribution in [0.25, 0.3) is 0 Å². The minimum absolute atomic E-state index is 0.0112. The first-order valence-corrected chi connectivity index (χ1v) is 13.9. The third kappa shape index (κ3) is 2.47. The Kier molecular flexibility index (Phi) is 4.42. The van der Waals surface area contributed by atoms with Gasteiger partial charge in [-0.15, -0.1) is 0 Å². The Morgan fingerprint density at radius 1 is 1.11 bits per heavy atom. The van der Waals surface area contributed by atoms with Crippen LogP contribution in [0.2, 0.25) is 0 Å². The molecule has 5 aliphatic carbocycles. The number of rotatable bonds is 5. The maximum atomic E-state index is 12.3. The number of fused-ring (bicyclic) bond motifs is 2. The molecule has 1 aromatic carbocycles. The molecule has 2 heterocycles. The molecule has 7 aliphatic rings. The van der Waals surface area contributed by atoms with Gasteiger partial charge in [0.1, 0.15) is 11.7 Å².